The van der Waals surface area contributed by atoms with Gasteiger partial charge in [0.1, 0.15) is 0 Å². The number of aryl methyl sites for hydroxylation is 1. The number of anilines is 1. The van der Waals surface area contributed by atoms with Crippen LogP contribution < -0.4 is 10.2 Å². The molecule has 0 bridgehead atoms. The van der Waals surface area contributed by atoms with Crippen molar-refractivity contribution >= 4 is 5.69 Å². The van der Waals surface area contributed by atoms with Crippen molar-refractivity contribution < 1.29 is 0 Å². The number of hydrogen-bond acceptors (Lipinski definition) is 4. The predicted molar refractivity (Wildman–Crippen MR) is 85.2 cm³/mol. The quantitative estimate of drug-likeness (QED) is 0.884. The van der Waals surface area contributed by atoms with Crippen LogP contribution in [0, 0.1) is 6.92 Å². The zero-order valence-electron chi connectivity index (χ0n) is 12.7. The number of rotatable bonds is 6. The summed E-state index contributed by atoms with van der Waals surface area (Å²) in [6.07, 6.45) is 6.45. The van der Waals surface area contributed by atoms with Gasteiger partial charge in [0.2, 0.25) is 0 Å². The lowest BCUT2D eigenvalue weighted by Gasteiger charge is -2.22. The van der Waals surface area contributed by atoms with Gasteiger partial charge in [0.25, 0.3) is 0 Å². The fourth-order valence-electron chi connectivity index (χ4n) is 2.43. The van der Waals surface area contributed by atoms with E-state index in [4.69, 9.17) is 0 Å². The van der Waals surface area contributed by atoms with Crippen molar-refractivity contribution in [3.63, 3.8) is 0 Å². The Hall–Kier alpha value is -1.94. The molecule has 0 aliphatic heterocycles. The molecule has 0 spiro atoms. The summed E-state index contributed by atoms with van der Waals surface area (Å²) in [6.45, 7) is 3.73. The van der Waals surface area contributed by atoms with Crippen molar-refractivity contribution in [2.24, 2.45) is 0 Å². The van der Waals surface area contributed by atoms with Crippen LogP contribution in [0.1, 0.15) is 29.8 Å². The summed E-state index contributed by atoms with van der Waals surface area (Å²) in [6, 6.07) is 8.91. The summed E-state index contributed by atoms with van der Waals surface area (Å²) in [5.74, 6) is 0. The van der Waals surface area contributed by atoms with Crippen LogP contribution in [0.4, 0.5) is 5.69 Å². The van der Waals surface area contributed by atoms with E-state index in [1.807, 2.05) is 31.5 Å². The third kappa shape index (κ3) is 3.79. The Kier molecular flexibility index (Phi) is 4.15. The molecule has 4 heteroatoms. The first-order chi connectivity index (χ1) is 10.2. The first-order valence-electron chi connectivity index (χ1n) is 7.52. The van der Waals surface area contributed by atoms with Gasteiger partial charge < -0.3 is 10.2 Å². The maximum atomic E-state index is 4.45. The molecule has 2 heterocycles. The number of pyridine rings is 2. The van der Waals surface area contributed by atoms with Gasteiger partial charge in [-0.2, -0.15) is 0 Å². The van der Waals surface area contributed by atoms with E-state index in [-0.39, 0.29) is 0 Å². The van der Waals surface area contributed by atoms with E-state index in [0.717, 1.165) is 24.5 Å². The van der Waals surface area contributed by atoms with E-state index in [1.54, 1.807) is 0 Å². The molecule has 1 saturated carbocycles. The van der Waals surface area contributed by atoms with Crippen molar-refractivity contribution in [3.05, 3.63) is 53.6 Å². The zero-order chi connectivity index (χ0) is 14.7. The molecule has 0 radical (unpaired) electrons. The van der Waals surface area contributed by atoms with Crippen LogP contribution in [0.2, 0.25) is 0 Å². The molecule has 0 atom stereocenters. The second-order valence-corrected chi connectivity index (χ2v) is 5.79. The van der Waals surface area contributed by atoms with Crippen molar-refractivity contribution in [2.75, 3.05) is 11.9 Å². The van der Waals surface area contributed by atoms with E-state index in [2.05, 4.69) is 39.4 Å². The van der Waals surface area contributed by atoms with E-state index in [0.29, 0.717) is 6.04 Å². The van der Waals surface area contributed by atoms with Gasteiger partial charge in [-0.3, -0.25) is 9.97 Å². The lowest BCUT2D eigenvalue weighted by molar-refractivity contribution is 0.682. The molecular formula is C17H22N4. The Morgan fingerprint density at radius 1 is 1.29 bits per heavy atom. The van der Waals surface area contributed by atoms with Gasteiger partial charge in [0.05, 0.1) is 12.2 Å². The molecule has 1 aliphatic rings. The summed E-state index contributed by atoms with van der Waals surface area (Å²) in [4.78, 5) is 11.1. The van der Waals surface area contributed by atoms with Gasteiger partial charge in [-0.25, -0.2) is 0 Å². The molecule has 21 heavy (non-hydrogen) atoms. The highest BCUT2D eigenvalue weighted by Gasteiger charge is 2.21. The molecule has 0 unspecified atom stereocenters. The van der Waals surface area contributed by atoms with Crippen LogP contribution in [-0.4, -0.2) is 23.1 Å². The van der Waals surface area contributed by atoms with Crippen LogP contribution in [0.15, 0.2) is 36.7 Å². The second-order valence-electron chi connectivity index (χ2n) is 5.79. The Bertz CT molecular complexity index is 593. The first-order valence-corrected chi connectivity index (χ1v) is 7.52. The summed E-state index contributed by atoms with van der Waals surface area (Å²) in [5.41, 5.74) is 4.62. The largest absolute Gasteiger partial charge is 0.368 e. The Labute approximate surface area is 126 Å². The normalized spacial score (nSPS) is 14.2. The van der Waals surface area contributed by atoms with Crippen LogP contribution in [-0.2, 0) is 13.1 Å². The zero-order valence-corrected chi connectivity index (χ0v) is 12.7. The van der Waals surface area contributed by atoms with Crippen molar-refractivity contribution in [2.45, 2.75) is 38.9 Å². The van der Waals surface area contributed by atoms with Gasteiger partial charge in [-0.15, -0.1) is 0 Å². The highest BCUT2D eigenvalue weighted by atomic mass is 15.1. The third-order valence-corrected chi connectivity index (χ3v) is 3.79. The number of nitrogens with zero attached hydrogens (tertiary/aromatic N) is 3. The molecule has 0 saturated heterocycles. The Morgan fingerprint density at radius 3 is 2.86 bits per heavy atom. The third-order valence-electron chi connectivity index (χ3n) is 3.79. The Morgan fingerprint density at radius 2 is 2.14 bits per heavy atom. The highest BCUT2D eigenvalue weighted by Crippen LogP contribution is 2.24. The van der Waals surface area contributed by atoms with Crippen molar-refractivity contribution in [1.82, 2.24) is 15.3 Å². The van der Waals surface area contributed by atoms with Crippen LogP contribution in [0.3, 0.4) is 0 Å². The average Bonchev–Trinajstić information content (AvgIpc) is 3.31. The van der Waals surface area contributed by atoms with Gasteiger partial charge in [-0.1, -0.05) is 6.07 Å². The molecule has 0 amide bonds. The predicted octanol–water partition coefficient (Wildman–Crippen LogP) is 2.67. The minimum Gasteiger partial charge on any atom is -0.368 e. The summed E-state index contributed by atoms with van der Waals surface area (Å²) in [7, 11) is 2.12. The van der Waals surface area contributed by atoms with E-state index < -0.39 is 0 Å². The summed E-state index contributed by atoms with van der Waals surface area (Å²) >= 11 is 0. The second kappa shape index (κ2) is 6.22. The van der Waals surface area contributed by atoms with Crippen molar-refractivity contribution in [1.29, 1.82) is 0 Å². The average molecular weight is 282 g/mol. The first kappa shape index (κ1) is 14.0. The van der Waals surface area contributed by atoms with Crippen LogP contribution in [0.5, 0.6) is 0 Å². The number of aromatic nitrogens is 2. The monoisotopic (exact) mass is 282 g/mol. The minimum atomic E-state index is 0.709. The molecule has 1 N–H and O–H groups in total. The highest BCUT2D eigenvalue weighted by molar-refractivity contribution is 5.53. The van der Waals surface area contributed by atoms with Gasteiger partial charge in [-0.05, 0) is 38.0 Å². The van der Waals surface area contributed by atoms with Crippen LogP contribution >= 0.6 is 0 Å². The molecule has 4 nitrogen and oxygen atoms in total. The van der Waals surface area contributed by atoms with Gasteiger partial charge >= 0.3 is 0 Å². The molecule has 1 fully saturated rings. The molecule has 2 aromatic rings. The van der Waals surface area contributed by atoms with E-state index >= 15 is 0 Å². The van der Waals surface area contributed by atoms with Crippen molar-refractivity contribution in [3.8, 4) is 0 Å². The van der Waals surface area contributed by atoms with Gasteiger partial charge in [0.15, 0.2) is 0 Å². The lowest BCUT2D eigenvalue weighted by Crippen LogP contribution is -2.22. The maximum Gasteiger partial charge on any atom is 0.0598 e. The topological polar surface area (TPSA) is 41.1 Å². The molecule has 2 aromatic heterocycles. The minimum absolute atomic E-state index is 0.709. The molecule has 1 aliphatic carbocycles. The van der Waals surface area contributed by atoms with Gasteiger partial charge in [0, 0.05) is 49.0 Å². The summed E-state index contributed by atoms with van der Waals surface area (Å²) in [5, 5.41) is 3.57. The number of hydrogen-bond donors (Lipinski definition) is 1. The molecule has 110 valence electrons. The molecule has 3 rings (SSSR count). The SMILES string of the molecule is Cc1cc(N(C)Cc2ccccn2)c(CNC2CC2)cn1. The fraction of sp³-hybridized carbons (Fsp3) is 0.412. The van der Waals surface area contributed by atoms with Crippen LogP contribution in [0.25, 0.3) is 0 Å². The van der Waals surface area contributed by atoms with E-state index in [9.17, 15) is 0 Å². The summed E-state index contributed by atoms with van der Waals surface area (Å²) < 4.78 is 0. The number of nitrogens with one attached hydrogen (secondary N) is 1. The molecule has 0 aromatic carbocycles. The standard InChI is InChI=1S/C17H22N4/c1-13-9-17(14(10-19-13)11-20-15-6-7-15)21(2)12-16-5-3-4-8-18-16/h3-5,8-10,15,20H,6-7,11-12H2,1-2H3. The maximum absolute atomic E-state index is 4.45. The lowest BCUT2D eigenvalue weighted by atomic mass is 10.1. The van der Waals surface area contributed by atoms with E-state index in [1.165, 1.54) is 24.1 Å². The smallest absolute Gasteiger partial charge is 0.0598 e. The Balaban J connectivity index is 1.76. The molecular weight excluding hydrogens is 260 g/mol. The fourth-order valence-corrected chi connectivity index (χ4v) is 2.43.